The van der Waals surface area contributed by atoms with E-state index in [0.29, 0.717) is 5.92 Å². The summed E-state index contributed by atoms with van der Waals surface area (Å²) in [5.74, 6) is 0.772. The Labute approximate surface area is 79.0 Å². The van der Waals surface area contributed by atoms with Crippen LogP contribution in [-0.4, -0.2) is 0 Å². The molecule has 0 aromatic heterocycles. The van der Waals surface area contributed by atoms with E-state index < -0.39 is 0 Å². The first-order chi connectivity index (χ1) is 6.31. The molecule has 0 amide bonds. The molecule has 2 rings (SSSR count). The van der Waals surface area contributed by atoms with Crippen molar-refractivity contribution in [2.75, 3.05) is 0 Å². The summed E-state index contributed by atoms with van der Waals surface area (Å²) >= 11 is 0. The predicted molar refractivity (Wildman–Crippen MR) is 52.3 cm³/mol. The molecule has 1 aliphatic carbocycles. The third kappa shape index (κ3) is 1.72. The Morgan fingerprint density at radius 2 is 1.92 bits per heavy atom. The topological polar surface area (TPSA) is 23.8 Å². The highest BCUT2D eigenvalue weighted by atomic mass is 14.4. The molecule has 1 fully saturated rings. The predicted octanol–water partition coefficient (Wildman–Crippen LogP) is 3.01. The van der Waals surface area contributed by atoms with Crippen molar-refractivity contribution in [1.29, 1.82) is 5.26 Å². The van der Waals surface area contributed by atoms with E-state index in [2.05, 4.69) is 37.3 Å². The minimum atomic E-state index is 0.139. The summed E-state index contributed by atoms with van der Waals surface area (Å²) in [5, 5.41) is 9.01. The molecule has 1 atom stereocenters. The molecule has 1 aromatic rings. The molecule has 66 valence electrons. The lowest BCUT2D eigenvalue weighted by Crippen LogP contribution is -1.97. The minimum absolute atomic E-state index is 0.139. The van der Waals surface area contributed by atoms with E-state index in [0.717, 1.165) is 0 Å². The van der Waals surface area contributed by atoms with Crippen LogP contribution in [0.4, 0.5) is 0 Å². The first-order valence-corrected chi connectivity index (χ1v) is 4.77. The van der Waals surface area contributed by atoms with E-state index in [-0.39, 0.29) is 5.92 Å². The summed E-state index contributed by atoms with van der Waals surface area (Å²) in [6.45, 7) is 2.07. The summed E-state index contributed by atoms with van der Waals surface area (Å²) in [7, 11) is 0. The lowest BCUT2D eigenvalue weighted by molar-refractivity contribution is 0.740. The number of benzene rings is 1. The van der Waals surface area contributed by atoms with Gasteiger partial charge in [-0.05, 0) is 31.2 Å². The van der Waals surface area contributed by atoms with Crippen LogP contribution in [0, 0.1) is 24.2 Å². The van der Waals surface area contributed by atoms with Crippen molar-refractivity contribution < 1.29 is 0 Å². The van der Waals surface area contributed by atoms with Crippen molar-refractivity contribution in [3.63, 3.8) is 0 Å². The monoisotopic (exact) mass is 171 g/mol. The molecule has 0 spiro atoms. The van der Waals surface area contributed by atoms with Crippen molar-refractivity contribution >= 4 is 0 Å². The van der Waals surface area contributed by atoms with Gasteiger partial charge in [0.2, 0.25) is 0 Å². The van der Waals surface area contributed by atoms with Crippen LogP contribution in [0.25, 0.3) is 0 Å². The molecule has 1 unspecified atom stereocenters. The summed E-state index contributed by atoms with van der Waals surface area (Å²) in [5.41, 5.74) is 2.45. The highest BCUT2D eigenvalue weighted by Gasteiger charge is 2.32. The Bertz CT molecular complexity index is 327. The smallest absolute Gasteiger partial charge is 0.0740 e. The normalized spacial score (nSPS) is 17.8. The van der Waals surface area contributed by atoms with Crippen LogP contribution in [0.15, 0.2) is 24.3 Å². The maximum Gasteiger partial charge on any atom is 0.0740 e. The second kappa shape index (κ2) is 3.22. The fraction of sp³-hybridized carbons (Fsp3) is 0.417. The molecule has 1 saturated carbocycles. The van der Waals surface area contributed by atoms with Gasteiger partial charge in [-0.15, -0.1) is 0 Å². The zero-order chi connectivity index (χ0) is 9.26. The number of hydrogen-bond donors (Lipinski definition) is 0. The summed E-state index contributed by atoms with van der Waals surface area (Å²) in [4.78, 5) is 0. The quantitative estimate of drug-likeness (QED) is 0.671. The molecule has 0 bridgehead atoms. The minimum Gasteiger partial charge on any atom is -0.198 e. The Kier molecular flexibility index (Phi) is 2.06. The zero-order valence-corrected chi connectivity index (χ0v) is 7.83. The van der Waals surface area contributed by atoms with Gasteiger partial charge in [-0.25, -0.2) is 0 Å². The molecule has 1 aromatic carbocycles. The third-order valence-corrected chi connectivity index (χ3v) is 2.67. The van der Waals surface area contributed by atoms with Gasteiger partial charge in [0.1, 0.15) is 0 Å². The SMILES string of the molecule is Cc1ccc(C(C#N)C2CC2)cc1. The largest absolute Gasteiger partial charge is 0.198 e. The molecule has 1 aliphatic rings. The maximum atomic E-state index is 9.01. The summed E-state index contributed by atoms with van der Waals surface area (Å²) < 4.78 is 0. The molecular weight excluding hydrogens is 158 g/mol. The van der Waals surface area contributed by atoms with E-state index in [1.807, 2.05) is 0 Å². The van der Waals surface area contributed by atoms with Crippen LogP contribution in [0.3, 0.4) is 0 Å². The number of rotatable bonds is 2. The molecule has 0 N–H and O–H groups in total. The van der Waals surface area contributed by atoms with Crippen molar-refractivity contribution in [2.45, 2.75) is 25.7 Å². The average Bonchev–Trinajstić information content (AvgIpc) is 2.93. The Hall–Kier alpha value is -1.29. The van der Waals surface area contributed by atoms with Gasteiger partial charge in [-0.2, -0.15) is 5.26 Å². The number of nitriles is 1. The van der Waals surface area contributed by atoms with E-state index in [1.165, 1.54) is 24.0 Å². The average molecular weight is 171 g/mol. The number of aryl methyl sites for hydroxylation is 1. The Morgan fingerprint density at radius 1 is 1.31 bits per heavy atom. The zero-order valence-electron chi connectivity index (χ0n) is 7.83. The van der Waals surface area contributed by atoms with E-state index in [9.17, 15) is 0 Å². The van der Waals surface area contributed by atoms with Gasteiger partial charge in [0.15, 0.2) is 0 Å². The second-order valence-electron chi connectivity index (χ2n) is 3.85. The molecule has 0 heterocycles. The van der Waals surface area contributed by atoms with Crippen molar-refractivity contribution in [2.24, 2.45) is 5.92 Å². The lowest BCUT2D eigenvalue weighted by Gasteiger charge is -2.07. The third-order valence-electron chi connectivity index (χ3n) is 2.67. The van der Waals surface area contributed by atoms with Gasteiger partial charge in [0, 0.05) is 0 Å². The second-order valence-corrected chi connectivity index (χ2v) is 3.85. The van der Waals surface area contributed by atoms with Gasteiger partial charge in [-0.3, -0.25) is 0 Å². The fourth-order valence-corrected chi connectivity index (χ4v) is 1.66. The van der Waals surface area contributed by atoms with Crippen LogP contribution in [0.2, 0.25) is 0 Å². The molecule has 0 aliphatic heterocycles. The molecule has 13 heavy (non-hydrogen) atoms. The number of nitrogens with zero attached hydrogens (tertiary/aromatic N) is 1. The maximum absolute atomic E-state index is 9.01. The van der Waals surface area contributed by atoms with Gasteiger partial charge >= 0.3 is 0 Å². The molecule has 0 saturated heterocycles. The fourth-order valence-electron chi connectivity index (χ4n) is 1.66. The van der Waals surface area contributed by atoms with Crippen LogP contribution in [0.5, 0.6) is 0 Å². The summed E-state index contributed by atoms with van der Waals surface area (Å²) in [6, 6.07) is 10.7. The molecule has 1 heteroatoms. The van der Waals surface area contributed by atoms with Crippen LogP contribution in [0.1, 0.15) is 29.9 Å². The molecule has 0 radical (unpaired) electrons. The van der Waals surface area contributed by atoms with Crippen LogP contribution >= 0.6 is 0 Å². The van der Waals surface area contributed by atoms with Crippen molar-refractivity contribution in [3.8, 4) is 6.07 Å². The number of hydrogen-bond acceptors (Lipinski definition) is 1. The van der Waals surface area contributed by atoms with Gasteiger partial charge < -0.3 is 0 Å². The van der Waals surface area contributed by atoms with Crippen molar-refractivity contribution in [1.82, 2.24) is 0 Å². The molecule has 1 nitrogen and oxygen atoms in total. The van der Waals surface area contributed by atoms with Crippen LogP contribution < -0.4 is 0 Å². The van der Waals surface area contributed by atoms with Gasteiger partial charge in [-0.1, -0.05) is 29.8 Å². The van der Waals surface area contributed by atoms with E-state index in [1.54, 1.807) is 0 Å². The molecular formula is C12H13N. The first kappa shape index (κ1) is 8.31. The Morgan fingerprint density at radius 3 is 2.38 bits per heavy atom. The lowest BCUT2D eigenvalue weighted by atomic mass is 9.95. The van der Waals surface area contributed by atoms with Gasteiger partial charge in [0.25, 0.3) is 0 Å². The van der Waals surface area contributed by atoms with E-state index >= 15 is 0 Å². The van der Waals surface area contributed by atoms with E-state index in [4.69, 9.17) is 5.26 Å². The van der Waals surface area contributed by atoms with Gasteiger partial charge in [0.05, 0.1) is 12.0 Å². The van der Waals surface area contributed by atoms with Crippen LogP contribution in [-0.2, 0) is 0 Å². The summed E-state index contributed by atoms with van der Waals surface area (Å²) in [6.07, 6.45) is 2.46. The highest BCUT2D eigenvalue weighted by Crippen LogP contribution is 2.42. The Balaban J connectivity index is 2.23. The van der Waals surface area contributed by atoms with Crippen molar-refractivity contribution in [3.05, 3.63) is 35.4 Å². The standard InChI is InChI=1S/C12H13N/c1-9-2-4-10(5-3-9)12(8-13)11-6-7-11/h2-5,11-12H,6-7H2,1H3. The first-order valence-electron chi connectivity index (χ1n) is 4.77. The highest BCUT2D eigenvalue weighted by molar-refractivity contribution is 5.30.